The highest BCUT2D eigenvalue weighted by Gasteiger charge is 2.52. The molecule has 0 bridgehead atoms. The quantitative estimate of drug-likeness (QED) is 0.690. The van der Waals surface area contributed by atoms with Crippen molar-refractivity contribution in [1.29, 1.82) is 0 Å². The Morgan fingerprint density at radius 3 is 3.29 bits per heavy atom. The van der Waals surface area contributed by atoms with Gasteiger partial charge in [0.2, 0.25) is 0 Å². The molecule has 3 rings (SSSR count). The van der Waals surface area contributed by atoms with Crippen LogP contribution < -0.4 is 16.6 Å². The van der Waals surface area contributed by atoms with E-state index in [2.05, 4.69) is 15.3 Å². The van der Waals surface area contributed by atoms with Gasteiger partial charge in [0.05, 0.1) is 18.5 Å². The van der Waals surface area contributed by atoms with E-state index < -0.39 is 0 Å². The minimum Gasteiger partial charge on any atom is -0.376 e. The van der Waals surface area contributed by atoms with Crippen molar-refractivity contribution >= 4 is 17.4 Å². The van der Waals surface area contributed by atoms with Crippen LogP contribution >= 0.6 is 11.6 Å². The van der Waals surface area contributed by atoms with Crippen LogP contribution in [0.5, 0.6) is 0 Å². The van der Waals surface area contributed by atoms with Gasteiger partial charge < -0.3 is 20.8 Å². The van der Waals surface area contributed by atoms with Crippen molar-refractivity contribution in [3.05, 3.63) is 21.7 Å². The van der Waals surface area contributed by atoms with Crippen LogP contribution in [-0.2, 0) is 4.74 Å². The molecule has 0 spiro atoms. The molecule has 92 valence electrons. The first-order chi connectivity index (χ1) is 8.18. The number of hydrogen-bond donors (Lipinski definition) is 3. The molecule has 0 aromatic carbocycles. The van der Waals surface area contributed by atoms with Gasteiger partial charge in [-0.2, -0.15) is 0 Å². The number of H-pyrrole nitrogens is 1. The lowest BCUT2D eigenvalue weighted by molar-refractivity contribution is 0.00523. The molecular weight excluding hydrogens is 244 g/mol. The molecule has 4 atom stereocenters. The highest BCUT2D eigenvalue weighted by molar-refractivity contribution is 6.32. The molecule has 2 aliphatic rings. The maximum absolute atomic E-state index is 11.3. The van der Waals surface area contributed by atoms with Crippen molar-refractivity contribution in [3.63, 3.8) is 0 Å². The zero-order valence-corrected chi connectivity index (χ0v) is 9.78. The molecule has 2 heterocycles. The number of aromatic amines is 1. The largest absolute Gasteiger partial charge is 0.376 e. The SMILES string of the molecule is NC1C2CCOC2C1Nc1nc[nH]c(=O)c1Cl. The Morgan fingerprint density at radius 2 is 2.47 bits per heavy atom. The van der Waals surface area contributed by atoms with Gasteiger partial charge in [0.1, 0.15) is 5.02 Å². The van der Waals surface area contributed by atoms with E-state index in [0.717, 1.165) is 13.0 Å². The van der Waals surface area contributed by atoms with E-state index in [-0.39, 0.29) is 28.8 Å². The van der Waals surface area contributed by atoms with Crippen molar-refractivity contribution in [2.24, 2.45) is 11.7 Å². The molecule has 1 aliphatic carbocycles. The Balaban J connectivity index is 1.79. The number of hydrogen-bond acceptors (Lipinski definition) is 5. The summed E-state index contributed by atoms with van der Waals surface area (Å²) >= 11 is 5.86. The number of ether oxygens (including phenoxy) is 1. The molecule has 7 heteroatoms. The molecule has 1 saturated carbocycles. The van der Waals surface area contributed by atoms with Crippen LogP contribution in [0.15, 0.2) is 11.1 Å². The summed E-state index contributed by atoms with van der Waals surface area (Å²) in [6.07, 6.45) is 2.43. The predicted molar refractivity (Wildman–Crippen MR) is 63.1 cm³/mol. The number of fused-ring (bicyclic) bond motifs is 1. The smallest absolute Gasteiger partial charge is 0.271 e. The van der Waals surface area contributed by atoms with Crippen molar-refractivity contribution in [2.75, 3.05) is 11.9 Å². The number of aromatic nitrogens is 2. The van der Waals surface area contributed by atoms with Crippen molar-refractivity contribution in [2.45, 2.75) is 24.6 Å². The van der Waals surface area contributed by atoms with Crippen molar-refractivity contribution < 1.29 is 4.74 Å². The highest BCUT2D eigenvalue weighted by Crippen LogP contribution is 2.39. The van der Waals surface area contributed by atoms with Gasteiger partial charge in [-0.05, 0) is 6.42 Å². The van der Waals surface area contributed by atoms with Gasteiger partial charge in [0.25, 0.3) is 5.56 Å². The molecule has 0 radical (unpaired) electrons. The Bertz CT molecular complexity index is 491. The van der Waals surface area contributed by atoms with Crippen LogP contribution in [0.4, 0.5) is 5.82 Å². The number of anilines is 1. The second kappa shape index (κ2) is 3.97. The predicted octanol–water partition coefficient (Wildman–Crippen LogP) is -0.0502. The summed E-state index contributed by atoms with van der Waals surface area (Å²) in [7, 11) is 0. The third-order valence-electron chi connectivity index (χ3n) is 3.55. The van der Waals surface area contributed by atoms with Crippen LogP contribution in [0.1, 0.15) is 6.42 Å². The van der Waals surface area contributed by atoms with Gasteiger partial charge >= 0.3 is 0 Å². The normalized spacial score (nSPS) is 35.2. The summed E-state index contributed by atoms with van der Waals surface area (Å²) in [5, 5.41) is 3.15. The van der Waals surface area contributed by atoms with E-state index in [0.29, 0.717) is 11.7 Å². The van der Waals surface area contributed by atoms with Crippen LogP contribution in [0, 0.1) is 5.92 Å². The van der Waals surface area contributed by atoms with Gasteiger partial charge in [-0.1, -0.05) is 11.6 Å². The van der Waals surface area contributed by atoms with E-state index in [1.54, 1.807) is 0 Å². The minimum absolute atomic E-state index is 0.0192. The summed E-state index contributed by atoms with van der Waals surface area (Å²) in [6, 6.07) is 0.00829. The molecule has 4 unspecified atom stereocenters. The third-order valence-corrected chi connectivity index (χ3v) is 3.90. The summed E-state index contributed by atoms with van der Waals surface area (Å²) in [5.41, 5.74) is 5.68. The van der Waals surface area contributed by atoms with Gasteiger partial charge in [0.15, 0.2) is 5.82 Å². The maximum atomic E-state index is 11.3. The first kappa shape index (κ1) is 11.0. The summed E-state index contributed by atoms with van der Waals surface area (Å²) in [5.74, 6) is 0.776. The molecule has 17 heavy (non-hydrogen) atoms. The molecule has 0 amide bonds. The second-order valence-corrected chi connectivity index (χ2v) is 4.81. The van der Waals surface area contributed by atoms with E-state index in [9.17, 15) is 4.79 Å². The van der Waals surface area contributed by atoms with Gasteiger partial charge in [-0.25, -0.2) is 4.98 Å². The highest BCUT2D eigenvalue weighted by atomic mass is 35.5. The standard InChI is InChI=1S/C10H13ClN4O2/c11-5-9(13-3-14-10(5)16)15-7-6(12)4-1-2-17-8(4)7/h3-4,6-8H,1-2,12H2,(H2,13,14,15,16). The summed E-state index contributed by atoms with van der Waals surface area (Å²) in [6.45, 7) is 0.748. The Labute approximate surface area is 103 Å². The van der Waals surface area contributed by atoms with Crippen LogP contribution in [0.25, 0.3) is 0 Å². The fourth-order valence-electron chi connectivity index (χ4n) is 2.57. The van der Waals surface area contributed by atoms with Crippen LogP contribution in [-0.4, -0.2) is 34.8 Å². The lowest BCUT2D eigenvalue weighted by Crippen LogP contribution is -2.65. The zero-order chi connectivity index (χ0) is 12.0. The molecule has 2 fully saturated rings. The fourth-order valence-corrected chi connectivity index (χ4v) is 2.73. The lowest BCUT2D eigenvalue weighted by atomic mass is 9.72. The topological polar surface area (TPSA) is 93.0 Å². The maximum Gasteiger partial charge on any atom is 0.271 e. The number of halogens is 1. The Hall–Kier alpha value is -1.11. The second-order valence-electron chi connectivity index (χ2n) is 4.43. The van der Waals surface area contributed by atoms with E-state index in [1.165, 1.54) is 6.33 Å². The molecule has 1 aromatic heterocycles. The first-order valence-corrected chi connectivity index (χ1v) is 5.93. The monoisotopic (exact) mass is 256 g/mol. The number of nitrogens with zero attached hydrogens (tertiary/aromatic N) is 1. The van der Waals surface area contributed by atoms with E-state index in [4.69, 9.17) is 22.1 Å². The first-order valence-electron chi connectivity index (χ1n) is 5.55. The van der Waals surface area contributed by atoms with Gasteiger partial charge in [0, 0.05) is 18.6 Å². The van der Waals surface area contributed by atoms with Crippen molar-refractivity contribution in [3.8, 4) is 0 Å². The summed E-state index contributed by atoms with van der Waals surface area (Å²) < 4.78 is 5.58. The number of nitrogens with two attached hydrogens (primary N) is 1. The number of nitrogens with one attached hydrogen (secondary N) is 2. The van der Waals surface area contributed by atoms with Crippen LogP contribution in [0.2, 0.25) is 5.02 Å². The number of rotatable bonds is 2. The molecule has 1 saturated heterocycles. The lowest BCUT2D eigenvalue weighted by Gasteiger charge is -2.45. The van der Waals surface area contributed by atoms with Gasteiger partial charge in [-0.15, -0.1) is 0 Å². The Morgan fingerprint density at radius 1 is 1.65 bits per heavy atom. The molecule has 6 nitrogen and oxygen atoms in total. The van der Waals surface area contributed by atoms with Gasteiger partial charge in [-0.3, -0.25) is 4.79 Å². The molecular formula is C10H13ClN4O2. The summed E-state index contributed by atoms with van der Waals surface area (Å²) in [4.78, 5) is 17.7. The van der Waals surface area contributed by atoms with Crippen molar-refractivity contribution in [1.82, 2.24) is 9.97 Å². The average molecular weight is 257 g/mol. The van der Waals surface area contributed by atoms with Crippen LogP contribution in [0.3, 0.4) is 0 Å². The molecule has 4 N–H and O–H groups in total. The third kappa shape index (κ3) is 1.64. The molecule has 1 aromatic rings. The van der Waals surface area contributed by atoms with E-state index in [1.807, 2.05) is 0 Å². The average Bonchev–Trinajstić information content (AvgIpc) is 2.75. The Kier molecular flexibility index (Phi) is 2.57. The minimum atomic E-state index is -0.360. The zero-order valence-electron chi connectivity index (χ0n) is 9.02. The van der Waals surface area contributed by atoms with E-state index >= 15 is 0 Å². The molecule has 1 aliphatic heterocycles. The fraction of sp³-hybridized carbons (Fsp3) is 0.600.